The molecule has 6 heteroatoms. The number of nitrogens with zero attached hydrogens (tertiary/aromatic N) is 1. The van der Waals surface area contributed by atoms with Crippen LogP contribution in [-0.4, -0.2) is 48.4 Å². The fraction of sp³-hybridized carbons (Fsp3) is 0.458. The van der Waals surface area contributed by atoms with Crippen molar-refractivity contribution in [1.82, 2.24) is 5.32 Å². The fourth-order valence-electron chi connectivity index (χ4n) is 3.93. The van der Waals surface area contributed by atoms with Crippen LogP contribution < -0.4 is 5.32 Å². The summed E-state index contributed by atoms with van der Waals surface area (Å²) in [5, 5.41) is 2.76. The van der Waals surface area contributed by atoms with Gasteiger partial charge < -0.3 is 10.1 Å². The molecule has 1 aliphatic heterocycles. The molecule has 0 bridgehead atoms. The number of ketones is 1. The number of benzene rings is 1. The summed E-state index contributed by atoms with van der Waals surface area (Å²) in [7, 11) is 1.83. The van der Waals surface area contributed by atoms with Gasteiger partial charge in [0.25, 0.3) is 0 Å². The van der Waals surface area contributed by atoms with E-state index in [1.54, 1.807) is 13.0 Å². The van der Waals surface area contributed by atoms with E-state index in [4.69, 9.17) is 4.74 Å². The lowest BCUT2D eigenvalue weighted by Crippen LogP contribution is -2.57. The SMILES string of the molecule is C=CC(C)=C(C)C(=O)C1CCC(=O)[N+]1(C)CC(C)CNC(=O)OCc1ccccc1. The van der Waals surface area contributed by atoms with Gasteiger partial charge in [-0.25, -0.2) is 9.59 Å². The average Bonchev–Trinajstić information content (AvgIpc) is 3.03. The number of quaternary nitrogens is 1. The van der Waals surface area contributed by atoms with Crippen molar-refractivity contribution in [1.29, 1.82) is 0 Å². The van der Waals surface area contributed by atoms with Crippen molar-refractivity contribution in [2.24, 2.45) is 5.92 Å². The summed E-state index contributed by atoms with van der Waals surface area (Å²) in [4.78, 5) is 37.7. The molecule has 1 aromatic carbocycles. The Labute approximate surface area is 179 Å². The van der Waals surface area contributed by atoms with Crippen molar-refractivity contribution in [2.75, 3.05) is 20.1 Å². The van der Waals surface area contributed by atoms with Crippen LogP contribution in [0.25, 0.3) is 0 Å². The fourth-order valence-corrected chi connectivity index (χ4v) is 3.93. The van der Waals surface area contributed by atoms with E-state index in [2.05, 4.69) is 11.9 Å². The van der Waals surface area contributed by atoms with Crippen LogP contribution in [0.15, 0.2) is 54.1 Å². The Bertz CT molecular complexity index is 831. The molecule has 3 atom stereocenters. The number of likely N-dealkylation sites (N-methyl/N-ethyl adjacent to an activating group) is 1. The number of likely N-dealkylation sites (tertiary alicyclic amines) is 1. The van der Waals surface area contributed by atoms with Gasteiger partial charge in [-0.1, -0.05) is 49.9 Å². The number of allylic oxidation sites excluding steroid dienone is 2. The van der Waals surface area contributed by atoms with Gasteiger partial charge in [-0.2, -0.15) is 0 Å². The molecular formula is C24H33N2O4+. The normalized spacial score (nSPS) is 22.8. The number of nitrogens with one attached hydrogen (secondary N) is 1. The molecule has 1 saturated heterocycles. The first-order valence-electron chi connectivity index (χ1n) is 10.4. The highest BCUT2D eigenvalue weighted by molar-refractivity contribution is 6.01. The molecule has 0 saturated carbocycles. The molecule has 2 rings (SSSR count). The van der Waals surface area contributed by atoms with Gasteiger partial charge in [0.1, 0.15) is 6.61 Å². The summed E-state index contributed by atoms with van der Waals surface area (Å²) < 4.78 is 5.30. The van der Waals surface area contributed by atoms with E-state index in [1.165, 1.54) is 0 Å². The number of amides is 2. The van der Waals surface area contributed by atoms with Gasteiger partial charge in [0, 0.05) is 24.5 Å². The molecular weight excluding hydrogens is 380 g/mol. The number of carbonyl (C=O) groups excluding carboxylic acids is 3. The van der Waals surface area contributed by atoms with Crippen molar-refractivity contribution < 1.29 is 23.6 Å². The Hall–Kier alpha value is -2.73. The molecule has 0 aliphatic carbocycles. The maximum atomic E-state index is 13.0. The van der Waals surface area contributed by atoms with E-state index < -0.39 is 6.09 Å². The molecule has 2 amide bonds. The van der Waals surface area contributed by atoms with E-state index in [0.717, 1.165) is 11.1 Å². The molecule has 30 heavy (non-hydrogen) atoms. The van der Waals surface area contributed by atoms with Crippen molar-refractivity contribution in [2.45, 2.75) is 46.3 Å². The molecule has 6 nitrogen and oxygen atoms in total. The number of alkyl carbamates (subject to hydrolysis) is 1. The molecule has 162 valence electrons. The first-order valence-corrected chi connectivity index (χ1v) is 10.4. The summed E-state index contributed by atoms with van der Waals surface area (Å²) in [6.45, 7) is 10.4. The maximum Gasteiger partial charge on any atom is 0.407 e. The number of hydrogen-bond donors (Lipinski definition) is 1. The van der Waals surface area contributed by atoms with Gasteiger partial charge in [-0.05, 0) is 25.0 Å². The number of Topliss-reactive ketones (excluding diaryl/α,β-unsaturated/α-hetero) is 1. The number of hydrogen-bond acceptors (Lipinski definition) is 4. The third-order valence-corrected chi connectivity index (χ3v) is 5.96. The summed E-state index contributed by atoms with van der Waals surface area (Å²) >= 11 is 0. The summed E-state index contributed by atoms with van der Waals surface area (Å²) in [6.07, 6.45) is 2.12. The van der Waals surface area contributed by atoms with Crippen LogP contribution in [0.2, 0.25) is 0 Å². The van der Waals surface area contributed by atoms with Crippen LogP contribution in [0, 0.1) is 5.92 Å². The van der Waals surface area contributed by atoms with Crippen LogP contribution in [-0.2, 0) is 20.9 Å². The van der Waals surface area contributed by atoms with Crippen molar-refractivity contribution >= 4 is 17.8 Å². The Morgan fingerprint density at radius 2 is 1.97 bits per heavy atom. The molecule has 0 radical (unpaired) electrons. The summed E-state index contributed by atoms with van der Waals surface area (Å²) in [5.74, 6) is 0.0699. The maximum absolute atomic E-state index is 13.0. The standard InChI is InChI=1S/C24H32N2O4/c1-6-18(3)19(4)23(28)21-12-13-22(27)26(21,5)15-17(2)14-25-24(29)30-16-20-10-8-7-9-11-20/h6-11,17,21H,1,12-16H2,2-5H3/p+1. The molecule has 1 fully saturated rings. The van der Waals surface area contributed by atoms with Crippen LogP contribution in [0.5, 0.6) is 0 Å². The Kier molecular flexibility index (Phi) is 8.12. The molecule has 1 N–H and O–H groups in total. The highest BCUT2D eigenvalue weighted by atomic mass is 16.5. The second kappa shape index (κ2) is 10.3. The van der Waals surface area contributed by atoms with Crippen LogP contribution in [0.3, 0.4) is 0 Å². The number of rotatable bonds is 9. The second-order valence-electron chi connectivity index (χ2n) is 8.32. The molecule has 0 spiro atoms. The first-order chi connectivity index (χ1) is 14.2. The highest BCUT2D eigenvalue weighted by Gasteiger charge is 2.50. The third-order valence-electron chi connectivity index (χ3n) is 5.96. The topological polar surface area (TPSA) is 72.5 Å². The zero-order valence-electron chi connectivity index (χ0n) is 18.4. The number of carbonyl (C=O) groups is 3. The predicted octanol–water partition coefficient (Wildman–Crippen LogP) is 3.78. The van der Waals surface area contributed by atoms with Gasteiger partial charge in [0.15, 0.2) is 6.04 Å². The Balaban J connectivity index is 1.93. The third kappa shape index (κ3) is 5.66. The zero-order chi connectivity index (χ0) is 22.3. The molecule has 1 heterocycles. The lowest BCUT2D eigenvalue weighted by molar-refractivity contribution is -0.845. The highest BCUT2D eigenvalue weighted by Crippen LogP contribution is 2.30. The molecule has 0 aromatic heterocycles. The second-order valence-corrected chi connectivity index (χ2v) is 8.32. The average molecular weight is 414 g/mol. The Morgan fingerprint density at radius 1 is 1.30 bits per heavy atom. The van der Waals surface area contributed by atoms with Gasteiger partial charge in [-0.15, -0.1) is 0 Å². The minimum atomic E-state index is -0.492. The van der Waals surface area contributed by atoms with Crippen molar-refractivity contribution in [3.8, 4) is 0 Å². The largest absolute Gasteiger partial charge is 0.445 e. The first kappa shape index (κ1) is 23.5. The molecule has 3 unspecified atom stereocenters. The lowest BCUT2D eigenvalue weighted by Gasteiger charge is -2.35. The smallest absolute Gasteiger partial charge is 0.407 e. The van der Waals surface area contributed by atoms with Crippen molar-refractivity contribution in [3.05, 3.63) is 59.7 Å². The zero-order valence-corrected chi connectivity index (χ0v) is 18.4. The monoisotopic (exact) mass is 413 g/mol. The van der Waals surface area contributed by atoms with E-state index in [0.29, 0.717) is 31.5 Å². The van der Waals surface area contributed by atoms with E-state index >= 15 is 0 Å². The van der Waals surface area contributed by atoms with Gasteiger partial charge >= 0.3 is 12.0 Å². The summed E-state index contributed by atoms with van der Waals surface area (Å²) in [6, 6.07) is 9.08. The Morgan fingerprint density at radius 3 is 2.60 bits per heavy atom. The molecule has 1 aromatic rings. The number of ether oxygens (including phenoxy) is 1. The summed E-state index contributed by atoms with van der Waals surface area (Å²) in [5.41, 5.74) is 2.41. The van der Waals surface area contributed by atoms with Gasteiger partial charge in [0.05, 0.1) is 20.0 Å². The lowest BCUT2D eigenvalue weighted by atomic mass is 9.97. The van der Waals surface area contributed by atoms with Crippen LogP contribution >= 0.6 is 0 Å². The van der Waals surface area contributed by atoms with Crippen LogP contribution in [0.4, 0.5) is 4.79 Å². The predicted molar refractivity (Wildman–Crippen MR) is 116 cm³/mol. The minimum absolute atomic E-state index is 0.00131. The van der Waals surface area contributed by atoms with E-state index in [9.17, 15) is 14.4 Å². The quantitative estimate of drug-likeness (QED) is 0.380. The van der Waals surface area contributed by atoms with E-state index in [1.807, 2.05) is 51.2 Å². The van der Waals surface area contributed by atoms with Crippen LogP contribution in [0.1, 0.15) is 39.2 Å². The van der Waals surface area contributed by atoms with Crippen molar-refractivity contribution in [3.63, 3.8) is 0 Å². The van der Waals surface area contributed by atoms with E-state index in [-0.39, 0.29) is 34.7 Å². The molecule has 1 aliphatic rings. The minimum Gasteiger partial charge on any atom is -0.445 e. The van der Waals surface area contributed by atoms with Gasteiger partial charge in [0.2, 0.25) is 5.78 Å². The van der Waals surface area contributed by atoms with Gasteiger partial charge in [-0.3, -0.25) is 9.28 Å².